The van der Waals surface area contributed by atoms with Crippen molar-refractivity contribution in [3.63, 3.8) is 0 Å². The molecule has 0 unspecified atom stereocenters. The van der Waals surface area contributed by atoms with Crippen LogP contribution in [0.2, 0.25) is 5.02 Å². The zero-order valence-corrected chi connectivity index (χ0v) is 17.5. The number of H-pyrrole nitrogens is 1. The average Bonchev–Trinajstić information content (AvgIpc) is 3.14. The van der Waals surface area contributed by atoms with Crippen LogP contribution in [0.5, 0.6) is 0 Å². The lowest BCUT2D eigenvalue weighted by molar-refractivity contribution is -0.137. The number of hydrogen-bond donors (Lipinski definition) is 3. The number of aromatic nitrogens is 2. The van der Waals surface area contributed by atoms with Gasteiger partial charge >= 0.3 is 6.18 Å². The first-order chi connectivity index (χ1) is 14.3. The van der Waals surface area contributed by atoms with E-state index in [-0.39, 0.29) is 16.6 Å². The average molecular weight is 443 g/mol. The van der Waals surface area contributed by atoms with Crippen LogP contribution in [0.15, 0.2) is 24.3 Å². The first-order valence-corrected chi connectivity index (χ1v) is 10.6. The van der Waals surface area contributed by atoms with Crippen LogP contribution in [0, 0.1) is 5.92 Å². The number of hydrogen-bond acceptors (Lipinski definition) is 3. The molecule has 1 amide bonds. The van der Waals surface area contributed by atoms with Crippen molar-refractivity contribution in [2.75, 3.05) is 11.9 Å². The van der Waals surface area contributed by atoms with E-state index in [9.17, 15) is 18.0 Å². The van der Waals surface area contributed by atoms with Gasteiger partial charge in [0.1, 0.15) is 5.82 Å². The van der Waals surface area contributed by atoms with Gasteiger partial charge in [0.2, 0.25) is 0 Å². The number of aromatic amines is 1. The van der Waals surface area contributed by atoms with Gasteiger partial charge in [0.05, 0.1) is 16.1 Å². The minimum Gasteiger partial charge on any atom is -0.368 e. The molecule has 1 aromatic heterocycles. The van der Waals surface area contributed by atoms with Gasteiger partial charge in [-0.2, -0.15) is 18.3 Å². The van der Waals surface area contributed by atoms with E-state index < -0.39 is 17.6 Å². The third-order valence-corrected chi connectivity index (χ3v) is 5.77. The normalized spacial score (nSPS) is 19.5. The second-order valence-corrected chi connectivity index (χ2v) is 8.20. The fourth-order valence-electron chi connectivity index (χ4n) is 3.75. The third kappa shape index (κ3) is 5.90. The van der Waals surface area contributed by atoms with Crippen molar-refractivity contribution in [3.8, 4) is 0 Å². The summed E-state index contributed by atoms with van der Waals surface area (Å²) in [6.45, 7) is 2.92. The smallest absolute Gasteiger partial charge is 0.368 e. The highest BCUT2D eigenvalue weighted by atomic mass is 35.5. The zero-order chi connectivity index (χ0) is 21.7. The molecule has 164 valence electrons. The van der Waals surface area contributed by atoms with Crippen LogP contribution in [0.4, 0.5) is 19.0 Å². The summed E-state index contributed by atoms with van der Waals surface area (Å²) in [6.07, 6.45) is 0.891. The van der Waals surface area contributed by atoms with Crippen LogP contribution in [0.3, 0.4) is 0 Å². The number of amides is 1. The Hall–Kier alpha value is -2.22. The standard InChI is InChI=1S/C21H26ClF3N4O/c1-2-3-16-11-19(29-28-16)26-12-13-4-7-15(8-5-13)27-20(30)17-10-14(21(23,24)25)6-9-18(17)22/h6,9-11,13,15H,2-5,7-8,12H2,1H3,(H,27,30)(H2,26,28,29)/t13-,15-. The predicted octanol–water partition coefficient (Wildman–Crippen LogP) is 5.44. The number of halogens is 4. The molecule has 0 bridgehead atoms. The molecule has 3 N–H and O–H groups in total. The first kappa shape index (κ1) is 22.5. The Bertz CT molecular complexity index is 860. The van der Waals surface area contributed by atoms with Crippen molar-refractivity contribution >= 4 is 23.3 Å². The van der Waals surface area contributed by atoms with Crippen LogP contribution in [0.25, 0.3) is 0 Å². The number of nitrogens with one attached hydrogen (secondary N) is 3. The van der Waals surface area contributed by atoms with Crippen molar-refractivity contribution in [1.82, 2.24) is 15.5 Å². The van der Waals surface area contributed by atoms with E-state index in [1.807, 2.05) is 6.07 Å². The summed E-state index contributed by atoms with van der Waals surface area (Å²) in [6, 6.07) is 4.75. The molecular formula is C21H26ClF3N4O. The van der Waals surface area contributed by atoms with Crippen molar-refractivity contribution < 1.29 is 18.0 Å². The predicted molar refractivity (Wildman–Crippen MR) is 111 cm³/mol. The molecular weight excluding hydrogens is 417 g/mol. The molecule has 1 aromatic carbocycles. The van der Waals surface area contributed by atoms with E-state index in [0.29, 0.717) is 5.92 Å². The van der Waals surface area contributed by atoms with Crippen LogP contribution in [0.1, 0.15) is 60.6 Å². The van der Waals surface area contributed by atoms with Gasteiger partial charge in [-0.15, -0.1) is 0 Å². The zero-order valence-electron chi connectivity index (χ0n) is 16.8. The van der Waals surface area contributed by atoms with E-state index in [0.717, 1.165) is 74.8 Å². The monoisotopic (exact) mass is 442 g/mol. The number of alkyl halides is 3. The number of carbonyl (C=O) groups is 1. The van der Waals surface area contributed by atoms with Gasteiger partial charge in [0, 0.05) is 24.3 Å². The Morgan fingerprint density at radius 1 is 1.23 bits per heavy atom. The number of rotatable bonds is 7. The summed E-state index contributed by atoms with van der Waals surface area (Å²) in [4.78, 5) is 12.5. The maximum absolute atomic E-state index is 12.9. The Labute approximate surface area is 178 Å². The summed E-state index contributed by atoms with van der Waals surface area (Å²) < 4.78 is 38.7. The molecule has 1 heterocycles. The molecule has 9 heteroatoms. The Morgan fingerprint density at radius 3 is 2.63 bits per heavy atom. The van der Waals surface area contributed by atoms with E-state index in [2.05, 4.69) is 27.8 Å². The van der Waals surface area contributed by atoms with E-state index in [1.165, 1.54) is 0 Å². The van der Waals surface area contributed by atoms with Crippen molar-refractivity contribution in [3.05, 3.63) is 46.1 Å². The summed E-state index contributed by atoms with van der Waals surface area (Å²) in [5, 5.41) is 13.5. The molecule has 0 saturated heterocycles. The Morgan fingerprint density at radius 2 is 1.97 bits per heavy atom. The fourth-order valence-corrected chi connectivity index (χ4v) is 3.95. The summed E-state index contributed by atoms with van der Waals surface area (Å²) in [7, 11) is 0. The summed E-state index contributed by atoms with van der Waals surface area (Å²) in [5.74, 6) is 0.738. The van der Waals surface area contributed by atoms with Crippen molar-refractivity contribution in [1.29, 1.82) is 0 Å². The minimum absolute atomic E-state index is 0.0137. The van der Waals surface area contributed by atoms with Crippen LogP contribution < -0.4 is 10.6 Å². The molecule has 5 nitrogen and oxygen atoms in total. The highest BCUT2D eigenvalue weighted by Gasteiger charge is 2.32. The SMILES string of the molecule is CCCc1cc(NC[C@H]2CC[C@H](NC(=O)c3cc(C(F)(F)F)ccc3Cl)CC2)n[nH]1. The molecule has 3 rings (SSSR count). The quantitative estimate of drug-likeness (QED) is 0.535. The lowest BCUT2D eigenvalue weighted by atomic mass is 9.86. The topological polar surface area (TPSA) is 69.8 Å². The molecule has 0 atom stereocenters. The van der Waals surface area contributed by atoms with Crippen molar-refractivity contribution in [2.24, 2.45) is 5.92 Å². The Kier molecular flexibility index (Phi) is 7.28. The summed E-state index contributed by atoms with van der Waals surface area (Å²) >= 11 is 5.96. The van der Waals surface area contributed by atoms with Crippen LogP contribution >= 0.6 is 11.6 Å². The van der Waals surface area contributed by atoms with E-state index >= 15 is 0 Å². The second kappa shape index (κ2) is 9.73. The molecule has 0 radical (unpaired) electrons. The van der Waals surface area contributed by atoms with E-state index in [4.69, 9.17) is 11.6 Å². The molecule has 1 aliphatic carbocycles. The van der Waals surface area contributed by atoms with Crippen LogP contribution in [-0.4, -0.2) is 28.7 Å². The molecule has 0 spiro atoms. The lowest BCUT2D eigenvalue weighted by Gasteiger charge is -2.29. The van der Waals surface area contributed by atoms with Gasteiger partial charge in [-0.1, -0.05) is 24.9 Å². The highest BCUT2D eigenvalue weighted by molar-refractivity contribution is 6.33. The highest BCUT2D eigenvalue weighted by Crippen LogP contribution is 2.32. The van der Waals surface area contributed by atoms with Crippen LogP contribution in [-0.2, 0) is 12.6 Å². The van der Waals surface area contributed by atoms with Gasteiger partial charge in [0.15, 0.2) is 0 Å². The second-order valence-electron chi connectivity index (χ2n) is 7.79. The summed E-state index contributed by atoms with van der Waals surface area (Å²) in [5.41, 5.74) is 0.0867. The molecule has 2 aromatic rings. The number of anilines is 1. The molecule has 1 saturated carbocycles. The minimum atomic E-state index is -4.52. The van der Waals surface area contributed by atoms with E-state index in [1.54, 1.807) is 0 Å². The van der Waals surface area contributed by atoms with Gasteiger partial charge < -0.3 is 10.6 Å². The van der Waals surface area contributed by atoms with Gasteiger partial charge in [0.25, 0.3) is 5.91 Å². The lowest BCUT2D eigenvalue weighted by Crippen LogP contribution is -2.38. The largest absolute Gasteiger partial charge is 0.416 e. The molecule has 30 heavy (non-hydrogen) atoms. The maximum Gasteiger partial charge on any atom is 0.416 e. The maximum atomic E-state index is 12.9. The van der Waals surface area contributed by atoms with Gasteiger partial charge in [-0.3, -0.25) is 9.89 Å². The number of carbonyl (C=O) groups excluding carboxylic acids is 1. The van der Waals surface area contributed by atoms with Gasteiger partial charge in [-0.05, 0) is 56.2 Å². The number of aryl methyl sites for hydroxylation is 1. The fraction of sp³-hybridized carbons (Fsp3) is 0.524. The first-order valence-electron chi connectivity index (χ1n) is 10.2. The number of benzene rings is 1. The molecule has 0 aliphatic heterocycles. The van der Waals surface area contributed by atoms with Crippen molar-refractivity contribution in [2.45, 2.75) is 57.7 Å². The molecule has 1 aliphatic rings. The Balaban J connectivity index is 1.48. The van der Waals surface area contributed by atoms with Gasteiger partial charge in [-0.25, -0.2) is 0 Å². The third-order valence-electron chi connectivity index (χ3n) is 5.44. The molecule has 1 fully saturated rings. The number of nitrogens with zero attached hydrogens (tertiary/aromatic N) is 1.